The van der Waals surface area contributed by atoms with E-state index in [0.717, 1.165) is 26.1 Å². The molecule has 0 radical (unpaired) electrons. The van der Waals surface area contributed by atoms with Gasteiger partial charge in [-0.25, -0.2) is 5.01 Å². The van der Waals surface area contributed by atoms with Crippen molar-refractivity contribution in [2.24, 2.45) is 4.99 Å². The Bertz CT molecular complexity index is 386. The van der Waals surface area contributed by atoms with Crippen LogP contribution in [0.2, 0.25) is 0 Å². The van der Waals surface area contributed by atoms with Gasteiger partial charge in [0.05, 0.1) is 0 Å². The number of fused-ring (bicyclic) bond motifs is 1. The monoisotopic (exact) mass is 215 g/mol. The molecule has 16 heavy (non-hydrogen) atoms. The minimum absolute atomic E-state index is 0.989. The van der Waals surface area contributed by atoms with Gasteiger partial charge in [-0.2, -0.15) is 0 Å². The zero-order valence-corrected chi connectivity index (χ0v) is 9.45. The van der Waals surface area contributed by atoms with E-state index in [1.54, 1.807) is 0 Å². The van der Waals surface area contributed by atoms with Gasteiger partial charge in [-0.1, -0.05) is 24.3 Å². The molecule has 3 nitrogen and oxygen atoms in total. The molecule has 2 aliphatic rings. The molecule has 1 N–H and O–H groups in total. The van der Waals surface area contributed by atoms with Gasteiger partial charge in [0.25, 0.3) is 0 Å². The molecular weight excluding hydrogens is 198 g/mol. The highest BCUT2D eigenvalue weighted by atomic mass is 15.5. The lowest BCUT2D eigenvalue weighted by Crippen LogP contribution is -2.39. The Balaban J connectivity index is 1.65. The van der Waals surface area contributed by atoms with E-state index in [2.05, 4.69) is 39.7 Å². The number of benzene rings is 1. The second kappa shape index (κ2) is 4.26. The quantitative estimate of drug-likeness (QED) is 0.776. The molecule has 3 heteroatoms. The molecule has 0 saturated heterocycles. The van der Waals surface area contributed by atoms with Gasteiger partial charge >= 0.3 is 0 Å². The Labute approximate surface area is 96.1 Å². The zero-order valence-electron chi connectivity index (χ0n) is 9.45. The summed E-state index contributed by atoms with van der Waals surface area (Å²) in [5, 5.41) is 2.26. The molecule has 0 aromatic heterocycles. The SMILES string of the molecule is c1ccc2c(c1)CN(NC1=NCCCC1)C2. The van der Waals surface area contributed by atoms with E-state index in [4.69, 9.17) is 0 Å². The standard InChI is InChI=1S/C13H17N3/c1-2-6-12-10-16(9-11(12)5-1)15-13-7-3-4-8-14-13/h1-2,5-6H,3-4,7-10H2,(H,14,15). The second-order valence-electron chi connectivity index (χ2n) is 4.52. The third-order valence-electron chi connectivity index (χ3n) is 3.25. The summed E-state index contributed by atoms with van der Waals surface area (Å²) in [4.78, 5) is 4.52. The predicted octanol–water partition coefficient (Wildman–Crippen LogP) is 2.09. The minimum atomic E-state index is 0.989. The summed E-state index contributed by atoms with van der Waals surface area (Å²) in [6.45, 7) is 2.98. The highest BCUT2D eigenvalue weighted by Crippen LogP contribution is 2.20. The maximum absolute atomic E-state index is 4.52. The van der Waals surface area contributed by atoms with Gasteiger partial charge in [0.1, 0.15) is 5.84 Å². The third kappa shape index (κ3) is 1.95. The van der Waals surface area contributed by atoms with Gasteiger partial charge in [-0.3, -0.25) is 4.99 Å². The van der Waals surface area contributed by atoms with Crippen LogP contribution in [-0.2, 0) is 13.1 Å². The number of rotatable bonds is 1. The summed E-state index contributed by atoms with van der Waals surface area (Å²) in [5.74, 6) is 1.17. The van der Waals surface area contributed by atoms with Crippen molar-refractivity contribution in [1.29, 1.82) is 0 Å². The average molecular weight is 215 g/mol. The van der Waals surface area contributed by atoms with Crippen molar-refractivity contribution >= 4 is 5.84 Å². The summed E-state index contributed by atoms with van der Waals surface area (Å²) < 4.78 is 0. The van der Waals surface area contributed by atoms with Crippen LogP contribution >= 0.6 is 0 Å². The van der Waals surface area contributed by atoms with E-state index >= 15 is 0 Å². The van der Waals surface area contributed by atoms with Crippen molar-refractivity contribution in [2.75, 3.05) is 6.54 Å². The van der Waals surface area contributed by atoms with Gasteiger partial charge in [-0.05, 0) is 24.0 Å². The molecule has 0 unspecified atom stereocenters. The molecule has 1 aromatic carbocycles. The zero-order chi connectivity index (χ0) is 10.8. The second-order valence-corrected chi connectivity index (χ2v) is 4.52. The Morgan fingerprint density at radius 3 is 2.44 bits per heavy atom. The van der Waals surface area contributed by atoms with Gasteiger partial charge < -0.3 is 5.43 Å². The highest BCUT2D eigenvalue weighted by Gasteiger charge is 2.19. The summed E-state index contributed by atoms with van der Waals surface area (Å²) in [6, 6.07) is 8.64. The van der Waals surface area contributed by atoms with Crippen molar-refractivity contribution in [3.63, 3.8) is 0 Å². The lowest BCUT2D eigenvalue weighted by atomic mass is 10.1. The number of hydrogen-bond donors (Lipinski definition) is 1. The molecule has 0 fully saturated rings. The van der Waals surface area contributed by atoms with Crippen molar-refractivity contribution < 1.29 is 0 Å². The van der Waals surface area contributed by atoms with Crippen LogP contribution in [0.1, 0.15) is 30.4 Å². The van der Waals surface area contributed by atoms with Crippen LogP contribution in [0, 0.1) is 0 Å². The van der Waals surface area contributed by atoms with Crippen LogP contribution in [0.25, 0.3) is 0 Å². The molecule has 2 aliphatic heterocycles. The molecule has 2 heterocycles. The van der Waals surface area contributed by atoms with Crippen molar-refractivity contribution in [2.45, 2.75) is 32.4 Å². The molecular formula is C13H17N3. The van der Waals surface area contributed by atoms with Crippen LogP contribution in [-0.4, -0.2) is 17.4 Å². The Morgan fingerprint density at radius 2 is 1.81 bits per heavy atom. The summed E-state index contributed by atoms with van der Waals surface area (Å²) >= 11 is 0. The molecule has 0 spiro atoms. The smallest absolute Gasteiger partial charge is 0.111 e. The number of hydrogen-bond acceptors (Lipinski definition) is 3. The van der Waals surface area contributed by atoms with Crippen molar-refractivity contribution in [1.82, 2.24) is 10.4 Å². The third-order valence-corrected chi connectivity index (χ3v) is 3.25. The Morgan fingerprint density at radius 1 is 1.06 bits per heavy atom. The number of hydrazine groups is 1. The number of nitrogens with one attached hydrogen (secondary N) is 1. The summed E-state index contributed by atoms with van der Waals surface area (Å²) in [6.07, 6.45) is 3.62. The van der Waals surface area contributed by atoms with Crippen LogP contribution in [0.15, 0.2) is 29.3 Å². The van der Waals surface area contributed by atoms with Crippen LogP contribution in [0.5, 0.6) is 0 Å². The normalized spacial score (nSPS) is 20.4. The fourth-order valence-electron chi connectivity index (χ4n) is 2.38. The van der Waals surface area contributed by atoms with Crippen molar-refractivity contribution in [3.8, 4) is 0 Å². The molecule has 0 saturated carbocycles. The molecule has 0 bridgehead atoms. The van der Waals surface area contributed by atoms with Crippen molar-refractivity contribution in [3.05, 3.63) is 35.4 Å². The number of aliphatic imine (C=N–C) groups is 1. The van der Waals surface area contributed by atoms with Gasteiger partial charge in [0, 0.05) is 26.1 Å². The molecule has 0 aliphatic carbocycles. The summed E-state index contributed by atoms with van der Waals surface area (Å²) in [5.41, 5.74) is 6.32. The Kier molecular flexibility index (Phi) is 2.62. The molecule has 84 valence electrons. The van der Waals surface area contributed by atoms with Crippen LogP contribution in [0.4, 0.5) is 0 Å². The first-order chi connectivity index (χ1) is 7.92. The maximum atomic E-state index is 4.52. The molecule has 0 atom stereocenters. The minimum Gasteiger partial charge on any atom is -0.306 e. The van der Waals surface area contributed by atoms with E-state index in [0.29, 0.717) is 0 Å². The molecule has 1 aromatic rings. The number of amidine groups is 1. The first kappa shape index (κ1) is 9.85. The first-order valence-electron chi connectivity index (χ1n) is 6.03. The van der Waals surface area contributed by atoms with Crippen LogP contribution in [0.3, 0.4) is 0 Å². The lowest BCUT2D eigenvalue weighted by Gasteiger charge is -2.21. The summed E-state index contributed by atoms with van der Waals surface area (Å²) in [7, 11) is 0. The van der Waals surface area contributed by atoms with E-state index in [1.807, 2.05) is 0 Å². The van der Waals surface area contributed by atoms with E-state index in [1.165, 1.54) is 29.8 Å². The highest BCUT2D eigenvalue weighted by molar-refractivity contribution is 5.82. The first-order valence-corrected chi connectivity index (χ1v) is 6.03. The predicted molar refractivity (Wildman–Crippen MR) is 65.0 cm³/mol. The van der Waals surface area contributed by atoms with Gasteiger partial charge in [-0.15, -0.1) is 0 Å². The number of nitrogens with zero attached hydrogens (tertiary/aromatic N) is 2. The Hall–Kier alpha value is -1.35. The maximum Gasteiger partial charge on any atom is 0.111 e. The van der Waals surface area contributed by atoms with E-state index in [-0.39, 0.29) is 0 Å². The molecule has 3 rings (SSSR count). The van der Waals surface area contributed by atoms with E-state index < -0.39 is 0 Å². The fraction of sp³-hybridized carbons (Fsp3) is 0.462. The molecule has 0 amide bonds. The van der Waals surface area contributed by atoms with Gasteiger partial charge in [0.2, 0.25) is 0 Å². The fourth-order valence-corrected chi connectivity index (χ4v) is 2.38. The van der Waals surface area contributed by atoms with Crippen LogP contribution < -0.4 is 5.43 Å². The average Bonchev–Trinajstić information content (AvgIpc) is 2.72. The lowest BCUT2D eigenvalue weighted by molar-refractivity contribution is 0.238. The largest absolute Gasteiger partial charge is 0.306 e. The van der Waals surface area contributed by atoms with E-state index in [9.17, 15) is 0 Å². The topological polar surface area (TPSA) is 27.6 Å². The van der Waals surface area contributed by atoms with Gasteiger partial charge in [0.15, 0.2) is 0 Å².